The third-order valence-electron chi connectivity index (χ3n) is 3.59. The Balaban J connectivity index is 1.55. The van der Waals surface area contributed by atoms with Gasteiger partial charge in [0.15, 0.2) is 0 Å². The first kappa shape index (κ1) is 13.1. The number of benzene rings is 1. The summed E-state index contributed by atoms with van der Waals surface area (Å²) in [5.41, 5.74) is 1.48. The average molecular weight is 274 g/mol. The fraction of sp³-hybridized carbons (Fsp3) is 0.467. The SMILES string of the molecule is O=C(Nc1ccc(NC(=O)C2CCCO2)cc1)C1CC1. The van der Waals surface area contributed by atoms with Crippen LogP contribution in [-0.4, -0.2) is 24.5 Å². The van der Waals surface area contributed by atoms with Crippen LogP contribution in [0, 0.1) is 5.92 Å². The van der Waals surface area contributed by atoms with Gasteiger partial charge in [-0.1, -0.05) is 0 Å². The number of amides is 2. The highest BCUT2D eigenvalue weighted by molar-refractivity contribution is 5.96. The summed E-state index contributed by atoms with van der Waals surface area (Å²) in [5.74, 6) is 0.173. The summed E-state index contributed by atoms with van der Waals surface area (Å²) in [6.07, 6.45) is 3.36. The molecule has 2 N–H and O–H groups in total. The first-order chi connectivity index (χ1) is 9.72. The van der Waals surface area contributed by atoms with E-state index in [9.17, 15) is 9.59 Å². The van der Waals surface area contributed by atoms with E-state index in [1.807, 2.05) is 0 Å². The van der Waals surface area contributed by atoms with Gasteiger partial charge in [-0.25, -0.2) is 0 Å². The monoisotopic (exact) mass is 274 g/mol. The van der Waals surface area contributed by atoms with Crippen molar-refractivity contribution < 1.29 is 14.3 Å². The van der Waals surface area contributed by atoms with Crippen molar-refractivity contribution in [1.82, 2.24) is 0 Å². The number of hydrogen-bond donors (Lipinski definition) is 2. The van der Waals surface area contributed by atoms with E-state index in [2.05, 4.69) is 10.6 Å². The second-order valence-corrected chi connectivity index (χ2v) is 5.33. The Bertz CT molecular complexity index is 502. The molecule has 2 aliphatic rings. The third kappa shape index (κ3) is 3.17. The zero-order valence-electron chi connectivity index (χ0n) is 11.2. The summed E-state index contributed by atoms with van der Waals surface area (Å²) >= 11 is 0. The number of carbonyl (C=O) groups excluding carboxylic acids is 2. The Labute approximate surface area is 117 Å². The first-order valence-electron chi connectivity index (χ1n) is 7.06. The van der Waals surface area contributed by atoms with Crippen molar-refractivity contribution in [1.29, 1.82) is 0 Å². The maximum atomic E-state index is 11.9. The van der Waals surface area contributed by atoms with Crippen LogP contribution < -0.4 is 10.6 Å². The van der Waals surface area contributed by atoms with Crippen LogP contribution in [-0.2, 0) is 14.3 Å². The van der Waals surface area contributed by atoms with Gasteiger partial charge in [-0.15, -0.1) is 0 Å². The van der Waals surface area contributed by atoms with Gasteiger partial charge in [0.1, 0.15) is 6.10 Å². The van der Waals surface area contributed by atoms with Gasteiger partial charge in [-0.3, -0.25) is 9.59 Å². The molecule has 3 rings (SSSR count). The largest absolute Gasteiger partial charge is 0.368 e. The predicted octanol–water partition coefficient (Wildman–Crippen LogP) is 2.15. The van der Waals surface area contributed by atoms with Gasteiger partial charge in [-0.2, -0.15) is 0 Å². The summed E-state index contributed by atoms with van der Waals surface area (Å²) in [6, 6.07) is 7.17. The number of carbonyl (C=O) groups is 2. The Morgan fingerprint density at radius 1 is 0.950 bits per heavy atom. The molecule has 2 amide bonds. The van der Waals surface area contributed by atoms with Crippen LogP contribution in [0.5, 0.6) is 0 Å². The molecule has 2 fully saturated rings. The zero-order valence-corrected chi connectivity index (χ0v) is 11.2. The minimum Gasteiger partial charge on any atom is -0.368 e. The van der Waals surface area contributed by atoms with E-state index >= 15 is 0 Å². The Morgan fingerprint density at radius 2 is 1.55 bits per heavy atom. The molecule has 1 aromatic rings. The molecule has 0 bridgehead atoms. The Kier molecular flexibility index (Phi) is 3.69. The molecule has 1 aromatic carbocycles. The lowest BCUT2D eigenvalue weighted by atomic mass is 10.2. The van der Waals surface area contributed by atoms with Crippen molar-refractivity contribution in [3.8, 4) is 0 Å². The topological polar surface area (TPSA) is 67.4 Å². The molecule has 1 saturated carbocycles. The molecule has 1 saturated heterocycles. The van der Waals surface area contributed by atoms with Crippen molar-refractivity contribution in [2.75, 3.05) is 17.2 Å². The lowest BCUT2D eigenvalue weighted by Gasteiger charge is -2.11. The summed E-state index contributed by atoms with van der Waals surface area (Å²) in [4.78, 5) is 23.5. The highest BCUT2D eigenvalue weighted by atomic mass is 16.5. The lowest BCUT2D eigenvalue weighted by Crippen LogP contribution is -2.26. The Hall–Kier alpha value is -1.88. The van der Waals surface area contributed by atoms with Gasteiger partial charge < -0.3 is 15.4 Å². The molecule has 5 nitrogen and oxygen atoms in total. The van der Waals surface area contributed by atoms with Crippen LogP contribution in [0.3, 0.4) is 0 Å². The molecule has 1 aliphatic carbocycles. The van der Waals surface area contributed by atoms with Crippen molar-refractivity contribution in [2.24, 2.45) is 5.92 Å². The van der Waals surface area contributed by atoms with Crippen LogP contribution >= 0.6 is 0 Å². The highest BCUT2D eigenvalue weighted by Gasteiger charge is 2.29. The van der Waals surface area contributed by atoms with Gasteiger partial charge in [0.2, 0.25) is 5.91 Å². The second kappa shape index (κ2) is 5.63. The van der Waals surface area contributed by atoms with E-state index < -0.39 is 0 Å². The van der Waals surface area contributed by atoms with Crippen molar-refractivity contribution in [3.05, 3.63) is 24.3 Å². The van der Waals surface area contributed by atoms with Gasteiger partial charge in [0.25, 0.3) is 5.91 Å². The normalized spacial score (nSPS) is 21.5. The maximum absolute atomic E-state index is 11.9. The molecular formula is C15H18N2O3. The molecule has 106 valence electrons. The molecule has 1 unspecified atom stereocenters. The van der Waals surface area contributed by atoms with Crippen molar-refractivity contribution in [3.63, 3.8) is 0 Å². The molecule has 1 atom stereocenters. The minimum atomic E-state index is -0.329. The minimum absolute atomic E-state index is 0.0844. The zero-order chi connectivity index (χ0) is 13.9. The quantitative estimate of drug-likeness (QED) is 0.884. The van der Waals surface area contributed by atoms with E-state index in [0.717, 1.165) is 37.1 Å². The number of ether oxygens (including phenoxy) is 1. The van der Waals surface area contributed by atoms with E-state index in [0.29, 0.717) is 6.61 Å². The van der Waals surface area contributed by atoms with Crippen molar-refractivity contribution >= 4 is 23.2 Å². The lowest BCUT2D eigenvalue weighted by molar-refractivity contribution is -0.124. The van der Waals surface area contributed by atoms with Crippen LogP contribution in [0.2, 0.25) is 0 Å². The van der Waals surface area contributed by atoms with Crippen LogP contribution in [0.4, 0.5) is 11.4 Å². The summed E-state index contributed by atoms with van der Waals surface area (Å²) < 4.78 is 5.33. The first-order valence-corrected chi connectivity index (χ1v) is 7.06. The predicted molar refractivity (Wildman–Crippen MR) is 75.4 cm³/mol. The smallest absolute Gasteiger partial charge is 0.253 e. The maximum Gasteiger partial charge on any atom is 0.253 e. The van der Waals surface area contributed by atoms with Gasteiger partial charge in [0.05, 0.1) is 0 Å². The second-order valence-electron chi connectivity index (χ2n) is 5.33. The van der Waals surface area contributed by atoms with E-state index in [1.165, 1.54) is 0 Å². The fourth-order valence-electron chi connectivity index (χ4n) is 2.23. The molecule has 1 heterocycles. The molecule has 5 heteroatoms. The molecule has 0 radical (unpaired) electrons. The molecule has 0 aromatic heterocycles. The average Bonchev–Trinajstić information content (AvgIpc) is 3.16. The number of nitrogens with one attached hydrogen (secondary N) is 2. The van der Waals surface area contributed by atoms with E-state index in [4.69, 9.17) is 4.74 Å². The summed E-state index contributed by atoms with van der Waals surface area (Å²) in [5, 5.41) is 5.69. The van der Waals surface area contributed by atoms with E-state index in [1.54, 1.807) is 24.3 Å². The number of hydrogen-bond acceptors (Lipinski definition) is 3. The summed E-state index contributed by atoms with van der Waals surface area (Å²) in [6.45, 7) is 0.657. The van der Waals surface area contributed by atoms with Crippen LogP contribution in [0.15, 0.2) is 24.3 Å². The number of rotatable bonds is 4. The van der Waals surface area contributed by atoms with Crippen LogP contribution in [0.1, 0.15) is 25.7 Å². The number of anilines is 2. The molecule has 0 spiro atoms. The van der Waals surface area contributed by atoms with Gasteiger partial charge in [-0.05, 0) is 49.9 Å². The molecular weight excluding hydrogens is 256 g/mol. The summed E-state index contributed by atoms with van der Waals surface area (Å²) in [7, 11) is 0. The Morgan fingerprint density at radius 3 is 2.05 bits per heavy atom. The van der Waals surface area contributed by atoms with Gasteiger partial charge in [0, 0.05) is 23.9 Å². The van der Waals surface area contributed by atoms with Crippen molar-refractivity contribution in [2.45, 2.75) is 31.8 Å². The van der Waals surface area contributed by atoms with Crippen LogP contribution in [0.25, 0.3) is 0 Å². The standard InChI is InChI=1S/C15H18N2O3/c18-14(10-3-4-10)16-11-5-7-12(8-6-11)17-15(19)13-2-1-9-20-13/h5-8,10,13H,1-4,9H2,(H,16,18)(H,17,19). The molecule has 20 heavy (non-hydrogen) atoms. The highest BCUT2D eigenvalue weighted by Crippen LogP contribution is 2.30. The fourth-order valence-corrected chi connectivity index (χ4v) is 2.23. The van der Waals surface area contributed by atoms with E-state index in [-0.39, 0.29) is 23.8 Å². The van der Waals surface area contributed by atoms with Gasteiger partial charge >= 0.3 is 0 Å². The molecule has 1 aliphatic heterocycles. The third-order valence-corrected chi connectivity index (χ3v) is 3.59.